The lowest BCUT2D eigenvalue weighted by atomic mass is 10.2. The van der Waals surface area contributed by atoms with E-state index in [1.54, 1.807) is 23.7 Å². The van der Waals surface area contributed by atoms with Gasteiger partial charge in [0.15, 0.2) is 5.82 Å². The molecule has 5 nitrogen and oxygen atoms in total. The predicted molar refractivity (Wildman–Crippen MR) is 95.2 cm³/mol. The molecule has 0 aliphatic carbocycles. The van der Waals surface area contributed by atoms with Gasteiger partial charge in [-0.05, 0) is 41.9 Å². The number of nitrogens with one attached hydrogen (secondary N) is 1. The number of halogens is 1. The Morgan fingerprint density at radius 1 is 1.32 bits per heavy atom. The molecule has 0 bridgehead atoms. The zero-order valence-corrected chi connectivity index (χ0v) is 14.7. The molecule has 22 heavy (non-hydrogen) atoms. The number of hydrogen-bond acceptors (Lipinski definition) is 6. The third-order valence-electron chi connectivity index (χ3n) is 3.17. The second-order valence-electron chi connectivity index (χ2n) is 5.14. The van der Waals surface area contributed by atoms with Crippen LogP contribution in [0.2, 0.25) is 0 Å². The summed E-state index contributed by atoms with van der Waals surface area (Å²) in [7, 11) is 0. The zero-order valence-electron chi connectivity index (χ0n) is 12.3. The van der Waals surface area contributed by atoms with Gasteiger partial charge in [-0.1, -0.05) is 0 Å². The van der Waals surface area contributed by atoms with E-state index in [9.17, 15) is 0 Å². The van der Waals surface area contributed by atoms with Crippen molar-refractivity contribution in [3.8, 4) is 11.4 Å². The standard InChI is InChI=1S/C15H16BrN5S/c1-8(17)7-19-15-13-12(11(16)9(2)22-13)20-14(21-15)10-3-5-18-6-4-10/h3-6,8H,7,17H2,1-2H3,(H,19,20,21). The number of pyridine rings is 1. The topological polar surface area (TPSA) is 76.7 Å². The average Bonchev–Trinajstić information content (AvgIpc) is 2.81. The highest BCUT2D eigenvalue weighted by Crippen LogP contribution is 2.38. The Morgan fingerprint density at radius 2 is 2.05 bits per heavy atom. The minimum Gasteiger partial charge on any atom is -0.367 e. The van der Waals surface area contributed by atoms with Crippen LogP contribution in [-0.4, -0.2) is 27.5 Å². The smallest absolute Gasteiger partial charge is 0.162 e. The largest absolute Gasteiger partial charge is 0.367 e. The van der Waals surface area contributed by atoms with Crippen molar-refractivity contribution >= 4 is 43.3 Å². The predicted octanol–water partition coefficient (Wildman–Crippen LogP) is 3.58. The molecule has 1 unspecified atom stereocenters. The van der Waals surface area contributed by atoms with Crippen molar-refractivity contribution in [3.63, 3.8) is 0 Å². The summed E-state index contributed by atoms with van der Waals surface area (Å²) in [5.74, 6) is 1.51. The maximum atomic E-state index is 5.85. The molecular weight excluding hydrogens is 362 g/mol. The summed E-state index contributed by atoms with van der Waals surface area (Å²) in [6.45, 7) is 4.69. The van der Waals surface area contributed by atoms with Crippen molar-refractivity contribution in [2.24, 2.45) is 5.73 Å². The molecule has 0 radical (unpaired) electrons. The number of rotatable bonds is 4. The maximum absolute atomic E-state index is 5.85. The van der Waals surface area contributed by atoms with Gasteiger partial charge in [0.25, 0.3) is 0 Å². The van der Waals surface area contributed by atoms with E-state index in [-0.39, 0.29) is 6.04 Å². The molecule has 0 fully saturated rings. The van der Waals surface area contributed by atoms with Crippen molar-refractivity contribution in [1.29, 1.82) is 0 Å². The molecule has 1 atom stereocenters. The Bertz CT molecular complexity index is 801. The summed E-state index contributed by atoms with van der Waals surface area (Å²) < 4.78 is 2.07. The van der Waals surface area contributed by atoms with Gasteiger partial charge in [0.05, 0.1) is 9.17 Å². The molecule has 0 saturated heterocycles. The van der Waals surface area contributed by atoms with E-state index >= 15 is 0 Å². The summed E-state index contributed by atoms with van der Waals surface area (Å²) >= 11 is 5.30. The molecule has 0 aromatic carbocycles. The molecule has 3 N–H and O–H groups in total. The van der Waals surface area contributed by atoms with Crippen LogP contribution >= 0.6 is 27.3 Å². The third kappa shape index (κ3) is 2.97. The van der Waals surface area contributed by atoms with Crippen LogP contribution in [0.15, 0.2) is 29.0 Å². The molecule has 0 amide bonds. The van der Waals surface area contributed by atoms with Gasteiger partial charge in [0.2, 0.25) is 0 Å². The van der Waals surface area contributed by atoms with Crippen LogP contribution in [0.4, 0.5) is 5.82 Å². The number of anilines is 1. The van der Waals surface area contributed by atoms with Gasteiger partial charge in [-0.15, -0.1) is 11.3 Å². The molecule has 3 rings (SSSR count). The summed E-state index contributed by atoms with van der Waals surface area (Å²) in [5, 5.41) is 3.34. The first kappa shape index (κ1) is 15.3. The molecule has 0 aliphatic heterocycles. The molecule has 114 valence electrons. The van der Waals surface area contributed by atoms with E-state index in [2.05, 4.69) is 38.1 Å². The second kappa shape index (κ2) is 6.28. The first-order valence-electron chi connectivity index (χ1n) is 6.92. The molecular formula is C15H16BrN5S. The highest BCUT2D eigenvalue weighted by atomic mass is 79.9. The Hall–Kier alpha value is -1.57. The van der Waals surface area contributed by atoms with E-state index < -0.39 is 0 Å². The number of nitrogens with zero attached hydrogens (tertiary/aromatic N) is 3. The molecule has 3 heterocycles. The average molecular weight is 378 g/mol. The molecule has 3 aromatic rings. The zero-order chi connectivity index (χ0) is 15.7. The van der Waals surface area contributed by atoms with E-state index in [1.807, 2.05) is 19.1 Å². The molecule has 7 heteroatoms. The first-order valence-corrected chi connectivity index (χ1v) is 8.53. The van der Waals surface area contributed by atoms with Crippen molar-refractivity contribution in [3.05, 3.63) is 33.9 Å². The Kier molecular flexibility index (Phi) is 4.37. The van der Waals surface area contributed by atoms with Crippen LogP contribution in [-0.2, 0) is 0 Å². The minimum absolute atomic E-state index is 0.0545. The fraction of sp³-hybridized carbons (Fsp3) is 0.267. The van der Waals surface area contributed by atoms with E-state index in [4.69, 9.17) is 10.7 Å². The third-order valence-corrected chi connectivity index (χ3v) is 5.50. The lowest BCUT2D eigenvalue weighted by Gasteiger charge is -2.10. The molecule has 3 aromatic heterocycles. The van der Waals surface area contributed by atoms with Crippen molar-refractivity contribution in [2.45, 2.75) is 19.9 Å². The fourth-order valence-corrected chi connectivity index (χ4v) is 3.68. The Balaban J connectivity index is 2.16. The van der Waals surface area contributed by atoms with Crippen molar-refractivity contribution in [2.75, 3.05) is 11.9 Å². The lowest BCUT2D eigenvalue weighted by Crippen LogP contribution is -2.25. The monoisotopic (exact) mass is 377 g/mol. The van der Waals surface area contributed by atoms with Gasteiger partial charge in [-0.2, -0.15) is 0 Å². The van der Waals surface area contributed by atoms with Gasteiger partial charge in [0, 0.05) is 35.4 Å². The van der Waals surface area contributed by atoms with Crippen LogP contribution < -0.4 is 11.1 Å². The maximum Gasteiger partial charge on any atom is 0.162 e. The van der Waals surface area contributed by atoms with Gasteiger partial charge in [-0.25, -0.2) is 9.97 Å². The normalized spacial score (nSPS) is 12.5. The highest BCUT2D eigenvalue weighted by Gasteiger charge is 2.16. The molecule has 0 saturated carbocycles. The Morgan fingerprint density at radius 3 is 2.73 bits per heavy atom. The van der Waals surface area contributed by atoms with Crippen LogP contribution in [0.3, 0.4) is 0 Å². The van der Waals surface area contributed by atoms with Crippen molar-refractivity contribution in [1.82, 2.24) is 15.0 Å². The molecule has 0 spiro atoms. The summed E-state index contributed by atoms with van der Waals surface area (Å²) in [4.78, 5) is 14.6. The quantitative estimate of drug-likeness (QED) is 0.726. The second-order valence-corrected chi connectivity index (χ2v) is 7.16. The van der Waals surface area contributed by atoms with E-state index in [0.29, 0.717) is 12.4 Å². The SMILES string of the molecule is Cc1sc2c(NCC(C)N)nc(-c3ccncc3)nc2c1Br. The van der Waals surface area contributed by atoms with E-state index in [0.717, 1.165) is 26.1 Å². The lowest BCUT2D eigenvalue weighted by molar-refractivity contribution is 0.778. The van der Waals surface area contributed by atoms with Crippen LogP contribution in [0, 0.1) is 6.92 Å². The number of aromatic nitrogens is 3. The number of fused-ring (bicyclic) bond motifs is 1. The highest BCUT2D eigenvalue weighted by molar-refractivity contribution is 9.10. The van der Waals surface area contributed by atoms with E-state index in [1.165, 1.54) is 4.88 Å². The number of thiophene rings is 1. The van der Waals surface area contributed by atoms with Crippen LogP contribution in [0.1, 0.15) is 11.8 Å². The van der Waals surface area contributed by atoms with Crippen LogP contribution in [0.25, 0.3) is 21.6 Å². The minimum atomic E-state index is 0.0545. The molecule has 0 aliphatic rings. The van der Waals surface area contributed by atoms with Gasteiger partial charge >= 0.3 is 0 Å². The summed E-state index contributed by atoms with van der Waals surface area (Å²) in [6, 6.07) is 3.87. The van der Waals surface area contributed by atoms with Gasteiger partial charge < -0.3 is 11.1 Å². The number of hydrogen-bond donors (Lipinski definition) is 2. The number of nitrogens with two attached hydrogens (primary N) is 1. The van der Waals surface area contributed by atoms with Gasteiger partial charge in [0.1, 0.15) is 11.3 Å². The van der Waals surface area contributed by atoms with Crippen LogP contribution in [0.5, 0.6) is 0 Å². The Labute approximate surface area is 141 Å². The number of aryl methyl sites for hydroxylation is 1. The van der Waals surface area contributed by atoms with Crippen molar-refractivity contribution < 1.29 is 0 Å². The summed E-state index contributed by atoms with van der Waals surface area (Å²) in [6.07, 6.45) is 3.48. The fourth-order valence-electron chi connectivity index (χ4n) is 2.07. The first-order chi connectivity index (χ1) is 10.6. The van der Waals surface area contributed by atoms with Gasteiger partial charge in [-0.3, -0.25) is 4.98 Å². The summed E-state index contributed by atoms with van der Waals surface area (Å²) in [5.41, 5.74) is 7.72.